The van der Waals surface area contributed by atoms with Gasteiger partial charge in [-0.05, 0) is 44.6 Å². The molecule has 1 aromatic carbocycles. The van der Waals surface area contributed by atoms with Gasteiger partial charge in [0.2, 0.25) is 0 Å². The number of rotatable bonds is 7. The van der Waals surface area contributed by atoms with Gasteiger partial charge in [0.15, 0.2) is 11.6 Å². The number of hydrogen-bond acceptors (Lipinski definition) is 8. The first kappa shape index (κ1) is 23.0. The molecule has 9 heteroatoms. The van der Waals surface area contributed by atoms with Crippen LogP contribution in [0.25, 0.3) is 0 Å². The maximum atomic E-state index is 14.4. The Kier molecular flexibility index (Phi) is 6.40. The van der Waals surface area contributed by atoms with E-state index >= 15 is 0 Å². The van der Waals surface area contributed by atoms with Gasteiger partial charge in [-0.1, -0.05) is 0 Å². The fourth-order valence-corrected chi connectivity index (χ4v) is 4.81. The number of halogens is 1. The van der Waals surface area contributed by atoms with E-state index in [1.807, 2.05) is 13.0 Å². The van der Waals surface area contributed by atoms with Crippen LogP contribution < -0.4 is 20.7 Å². The summed E-state index contributed by atoms with van der Waals surface area (Å²) in [6.45, 7) is 9.44. The summed E-state index contributed by atoms with van der Waals surface area (Å²) in [5.41, 5.74) is 6.98. The second-order valence-corrected chi connectivity index (χ2v) is 10.0. The number of piperidine rings is 1. The molecule has 5 rings (SSSR count). The molecule has 0 radical (unpaired) electrons. The van der Waals surface area contributed by atoms with Gasteiger partial charge in [-0.25, -0.2) is 14.4 Å². The zero-order chi connectivity index (χ0) is 23.7. The summed E-state index contributed by atoms with van der Waals surface area (Å²) in [7, 11) is 0. The standard InChI is InChI=1S/C25H34FN7O/c1-25(4-5-25)34-22-12-18(20(27)13-19(22)26)24(28)21-14-23(31-16-30-21)33-8-2-17(3-9-33)15-32-10-6-29-7-11-32/h12-14,16-17,28-29H,2-11,15,27H2,1H3. The van der Waals surface area contributed by atoms with Gasteiger partial charge < -0.3 is 25.6 Å². The molecule has 2 aliphatic heterocycles. The molecule has 0 atom stereocenters. The Morgan fingerprint density at radius 1 is 1.18 bits per heavy atom. The number of ether oxygens (including phenoxy) is 1. The number of nitrogens with two attached hydrogens (primary N) is 1. The van der Waals surface area contributed by atoms with Crippen molar-refractivity contribution in [2.75, 3.05) is 56.4 Å². The van der Waals surface area contributed by atoms with Crippen molar-refractivity contribution in [3.05, 3.63) is 41.6 Å². The monoisotopic (exact) mass is 467 g/mol. The third kappa shape index (κ3) is 5.15. The Morgan fingerprint density at radius 2 is 1.91 bits per heavy atom. The Balaban J connectivity index is 1.26. The van der Waals surface area contributed by atoms with E-state index in [2.05, 4.69) is 25.1 Å². The topological polar surface area (TPSA) is 103 Å². The Morgan fingerprint density at radius 3 is 2.62 bits per heavy atom. The maximum absolute atomic E-state index is 14.4. The van der Waals surface area contributed by atoms with E-state index in [1.165, 1.54) is 25.0 Å². The van der Waals surface area contributed by atoms with Crippen LogP contribution in [0.1, 0.15) is 43.9 Å². The van der Waals surface area contributed by atoms with Crippen LogP contribution in [-0.2, 0) is 0 Å². The van der Waals surface area contributed by atoms with Gasteiger partial charge in [0, 0.05) is 69.2 Å². The second-order valence-electron chi connectivity index (χ2n) is 10.0. The van der Waals surface area contributed by atoms with Crippen molar-refractivity contribution >= 4 is 17.2 Å². The van der Waals surface area contributed by atoms with Crippen molar-refractivity contribution in [3.63, 3.8) is 0 Å². The molecule has 34 heavy (non-hydrogen) atoms. The van der Waals surface area contributed by atoms with Gasteiger partial charge in [0.1, 0.15) is 17.7 Å². The highest BCUT2D eigenvalue weighted by Crippen LogP contribution is 2.41. The highest BCUT2D eigenvalue weighted by Gasteiger charge is 2.40. The molecule has 182 valence electrons. The van der Waals surface area contributed by atoms with Crippen molar-refractivity contribution in [3.8, 4) is 5.75 Å². The van der Waals surface area contributed by atoms with E-state index in [0.717, 1.165) is 70.8 Å². The van der Waals surface area contributed by atoms with E-state index < -0.39 is 5.82 Å². The van der Waals surface area contributed by atoms with Crippen molar-refractivity contribution < 1.29 is 9.13 Å². The SMILES string of the molecule is CC1(Oc2cc(C(=N)c3cc(N4CCC(CN5CCNCC5)CC4)ncn3)c(N)cc2F)CC1. The molecule has 3 fully saturated rings. The average molecular weight is 468 g/mol. The molecule has 0 spiro atoms. The molecule has 0 bridgehead atoms. The predicted octanol–water partition coefficient (Wildman–Crippen LogP) is 2.67. The van der Waals surface area contributed by atoms with Crippen LogP contribution in [0.15, 0.2) is 24.5 Å². The number of nitrogens with zero attached hydrogens (tertiary/aromatic N) is 4. The minimum atomic E-state index is -0.505. The number of nitrogens with one attached hydrogen (secondary N) is 2. The molecule has 3 aliphatic rings. The van der Waals surface area contributed by atoms with E-state index in [1.54, 1.807) is 0 Å². The normalized spacial score (nSPS) is 20.8. The zero-order valence-corrected chi connectivity index (χ0v) is 19.8. The lowest BCUT2D eigenvalue weighted by molar-refractivity contribution is 0.190. The quantitative estimate of drug-likeness (QED) is 0.425. The molecule has 2 aromatic rings. The number of benzene rings is 1. The first-order valence-electron chi connectivity index (χ1n) is 12.3. The van der Waals surface area contributed by atoms with Crippen molar-refractivity contribution in [1.82, 2.24) is 20.2 Å². The fraction of sp³-hybridized carbons (Fsp3) is 0.560. The molecule has 2 saturated heterocycles. The summed E-state index contributed by atoms with van der Waals surface area (Å²) in [6.07, 6.45) is 5.54. The lowest BCUT2D eigenvalue weighted by atomic mass is 9.96. The minimum Gasteiger partial charge on any atom is -0.484 e. The van der Waals surface area contributed by atoms with Gasteiger partial charge in [0.05, 0.1) is 11.4 Å². The average Bonchev–Trinajstić information content (AvgIpc) is 3.58. The van der Waals surface area contributed by atoms with E-state index in [9.17, 15) is 4.39 Å². The number of nitrogen functional groups attached to an aromatic ring is 1. The first-order chi connectivity index (χ1) is 16.4. The van der Waals surface area contributed by atoms with Crippen LogP contribution >= 0.6 is 0 Å². The number of hydrogen-bond donors (Lipinski definition) is 3. The number of anilines is 2. The molecule has 0 unspecified atom stereocenters. The number of piperazine rings is 1. The highest BCUT2D eigenvalue weighted by atomic mass is 19.1. The molecule has 1 saturated carbocycles. The predicted molar refractivity (Wildman–Crippen MR) is 131 cm³/mol. The van der Waals surface area contributed by atoms with Crippen LogP contribution in [0.2, 0.25) is 0 Å². The van der Waals surface area contributed by atoms with Crippen LogP contribution in [0.5, 0.6) is 5.75 Å². The van der Waals surface area contributed by atoms with Crippen molar-refractivity contribution in [1.29, 1.82) is 5.41 Å². The molecule has 1 aromatic heterocycles. The molecule has 3 heterocycles. The third-order valence-electron chi connectivity index (χ3n) is 7.26. The second kappa shape index (κ2) is 9.46. The van der Waals surface area contributed by atoms with Crippen LogP contribution in [0.4, 0.5) is 15.9 Å². The molecule has 0 amide bonds. The first-order valence-corrected chi connectivity index (χ1v) is 12.3. The number of aromatic nitrogens is 2. The summed E-state index contributed by atoms with van der Waals surface area (Å²) < 4.78 is 20.3. The Labute approximate surface area is 200 Å². The van der Waals surface area contributed by atoms with Gasteiger partial charge in [-0.15, -0.1) is 0 Å². The smallest absolute Gasteiger partial charge is 0.167 e. The minimum absolute atomic E-state index is 0.134. The Bertz CT molecular complexity index is 1040. The molecular weight excluding hydrogens is 433 g/mol. The van der Waals surface area contributed by atoms with Gasteiger partial charge in [0.25, 0.3) is 0 Å². The maximum Gasteiger partial charge on any atom is 0.167 e. The van der Waals surface area contributed by atoms with Gasteiger partial charge in [-0.2, -0.15) is 0 Å². The highest BCUT2D eigenvalue weighted by molar-refractivity contribution is 6.13. The molecule has 1 aliphatic carbocycles. The largest absolute Gasteiger partial charge is 0.484 e. The molecular formula is C25H34FN7O. The summed E-state index contributed by atoms with van der Waals surface area (Å²) in [5, 5.41) is 12.1. The van der Waals surface area contributed by atoms with E-state index in [-0.39, 0.29) is 22.7 Å². The lowest BCUT2D eigenvalue weighted by Crippen LogP contribution is -2.47. The summed E-state index contributed by atoms with van der Waals surface area (Å²) >= 11 is 0. The van der Waals surface area contributed by atoms with Crippen molar-refractivity contribution in [2.45, 2.75) is 38.2 Å². The third-order valence-corrected chi connectivity index (χ3v) is 7.26. The Hall–Kier alpha value is -2.78. The summed E-state index contributed by atoms with van der Waals surface area (Å²) in [6, 6.07) is 4.60. The lowest BCUT2D eigenvalue weighted by Gasteiger charge is -2.36. The van der Waals surface area contributed by atoms with E-state index in [4.69, 9.17) is 15.9 Å². The summed E-state index contributed by atoms with van der Waals surface area (Å²) in [5.74, 6) is 1.15. The van der Waals surface area contributed by atoms with Crippen LogP contribution in [-0.4, -0.2) is 72.0 Å². The van der Waals surface area contributed by atoms with Gasteiger partial charge in [-0.3, -0.25) is 5.41 Å². The zero-order valence-electron chi connectivity index (χ0n) is 19.8. The van der Waals surface area contributed by atoms with Crippen LogP contribution in [0.3, 0.4) is 0 Å². The van der Waals surface area contributed by atoms with E-state index in [0.29, 0.717) is 17.2 Å². The molecule has 4 N–H and O–H groups in total. The van der Waals surface area contributed by atoms with Crippen LogP contribution in [0, 0.1) is 17.1 Å². The molecule has 8 nitrogen and oxygen atoms in total. The van der Waals surface area contributed by atoms with Crippen molar-refractivity contribution in [2.24, 2.45) is 5.92 Å². The summed E-state index contributed by atoms with van der Waals surface area (Å²) in [4.78, 5) is 13.6. The fourth-order valence-electron chi connectivity index (χ4n) is 4.81. The van der Waals surface area contributed by atoms with Gasteiger partial charge >= 0.3 is 0 Å².